The van der Waals surface area contributed by atoms with Crippen LogP contribution in [0.5, 0.6) is 0 Å². The van der Waals surface area contributed by atoms with Gasteiger partial charge in [0.05, 0.1) is 12.0 Å². The molecule has 1 aromatic rings. The number of rotatable bonds is 5. The molecule has 4 aliphatic carbocycles. The average molecular weight is 410 g/mol. The minimum atomic E-state index is -0.176. The van der Waals surface area contributed by atoms with Crippen LogP contribution in [-0.2, 0) is 9.59 Å². The van der Waals surface area contributed by atoms with E-state index in [4.69, 9.17) is 0 Å². The molecule has 30 heavy (non-hydrogen) atoms. The summed E-state index contributed by atoms with van der Waals surface area (Å²) >= 11 is 0. The Balaban J connectivity index is 1.19. The highest BCUT2D eigenvalue weighted by Crippen LogP contribution is 2.55. The quantitative estimate of drug-likeness (QED) is 0.777. The number of carbonyl (C=O) groups is 2. The molecule has 0 spiro atoms. The van der Waals surface area contributed by atoms with Crippen LogP contribution < -0.4 is 10.6 Å². The number of likely N-dealkylation sites (tertiary alicyclic amines) is 1. The molecule has 5 aliphatic rings. The third kappa shape index (κ3) is 4.01. The fourth-order valence-electron chi connectivity index (χ4n) is 7.13. The molecule has 5 nitrogen and oxygen atoms in total. The van der Waals surface area contributed by atoms with Gasteiger partial charge in [0, 0.05) is 17.8 Å². The van der Waals surface area contributed by atoms with E-state index in [0.29, 0.717) is 6.54 Å². The van der Waals surface area contributed by atoms with Gasteiger partial charge < -0.3 is 10.6 Å². The SMILES string of the molecule is C[C@H](C(=O)NC12CC3CC(CC(C3)C1)C2)N1CCC[C@H](C(=O)Nc2ccccc2)C1. The molecule has 2 atom stereocenters. The number of hydrogen-bond acceptors (Lipinski definition) is 3. The van der Waals surface area contributed by atoms with Crippen LogP contribution in [0.2, 0.25) is 0 Å². The third-order valence-corrected chi connectivity index (χ3v) is 8.22. The predicted molar refractivity (Wildman–Crippen MR) is 118 cm³/mol. The maximum atomic E-state index is 13.2. The van der Waals surface area contributed by atoms with Gasteiger partial charge in [-0.3, -0.25) is 14.5 Å². The van der Waals surface area contributed by atoms with E-state index in [0.717, 1.165) is 42.8 Å². The summed E-state index contributed by atoms with van der Waals surface area (Å²) in [5.74, 6) is 2.66. The fraction of sp³-hybridized carbons (Fsp3) is 0.680. The monoisotopic (exact) mass is 409 g/mol. The number of anilines is 1. The van der Waals surface area contributed by atoms with Gasteiger partial charge in [0.25, 0.3) is 0 Å². The topological polar surface area (TPSA) is 61.4 Å². The van der Waals surface area contributed by atoms with Crippen molar-refractivity contribution in [3.8, 4) is 0 Å². The molecule has 2 N–H and O–H groups in total. The first kappa shape index (κ1) is 20.0. The minimum Gasteiger partial charge on any atom is -0.349 e. The lowest BCUT2D eigenvalue weighted by Gasteiger charge is -2.57. The first-order valence-corrected chi connectivity index (χ1v) is 11.9. The van der Waals surface area contributed by atoms with E-state index >= 15 is 0 Å². The molecule has 1 heterocycles. The lowest BCUT2D eigenvalue weighted by atomic mass is 9.53. The molecular weight excluding hydrogens is 374 g/mol. The number of amides is 2. The van der Waals surface area contributed by atoms with Crippen LogP contribution in [0.1, 0.15) is 58.3 Å². The Morgan fingerprint density at radius 2 is 1.67 bits per heavy atom. The Morgan fingerprint density at radius 3 is 2.30 bits per heavy atom. The largest absolute Gasteiger partial charge is 0.349 e. The van der Waals surface area contributed by atoms with E-state index in [1.807, 2.05) is 37.3 Å². The molecular formula is C25H35N3O2. The number of hydrogen-bond donors (Lipinski definition) is 2. The second-order valence-corrected chi connectivity index (χ2v) is 10.6. The summed E-state index contributed by atoms with van der Waals surface area (Å²) in [5.41, 5.74) is 0.896. The molecule has 5 fully saturated rings. The predicted octanol–water partition coefficient (Wildman–Crippen LogP) is 3.81. The summed E-state index contributed by atoms with van der Waals surface area (Å²) in [7, 11) is 0. The van der Waals surface area contributed by atoms with Crippen LogP contribution in [0.15, 0.2) is 30.3 Å². The van der Waals surface area contributed by atoms with Crippen molar-refractivity contribution in [1.82, 2.24) is 10.2 Å². The van der Waals surface area contributed by atoms with Gasteiger partial charge in [0.15, 0.2) is 0 Å². The smallest absolute Gasteiger partial charge is 0.237 e. The Morgan fingerprint density at radius 1 is 1.03 bits per heavy atom. The zero-order valence-corrected chi connectivity index (χ0v) is 18.1. The summed E-state index contributed by atoms with van der Waals surface area (Å²) in [6.07, 6.45) is 9.54. The van der Waals surface area contributed by atoms with Crippen LogP contribution in [0, 0.1) is 23.7 Å². The molecule has 5 heteroatoms. The molecule has 6 rings (SSSR count). The lowest BCUT2D eigenvalue weighted by molar-refractivity contribution is -0.133. The van der Waals surface area contributed by atoms with Gasteiger partial charge in [-0.2, -0.15) is 0 Å². The average Bonchev–Trinajstić information content (AvgIpc) is 2.72. The Hall–Kier alpha value is -1.88. The van der Waals surface area contributed by atoms with Crippen LogP contribution in [0.4, 0.5) is 5.69 Å². The van der Waals surface area contributed by atoms with Crippen molar-refractivity contribution < 1.29 is 9.59 Å². The fourth-order valence-corrected chi connectivity index (χ4v) is 7.13. The first-order chi connectivity index (χ1) is 14.5. The van der Waals surface area contributed by atoms with Crippen LogP contribution in [-0.4, -0.2) is 41.4 Å². The molecule has 4 bridgehead atoms. The molecule has 2 amide bonds. The summed E-state index contributed by atoms with van der Waals surface area (Å²) in [5, 5.41) is 6.56. The first-order valence-electron chi connectivity index (χ1n) is 11.9. The van der Waals surface area contributed by atoms with Gasteiger partial charge >= 0.3 is 0 Å². The molecule has 4 saturated carbocycles. The summed E-state index contributed by atoms with van der Waals surface area (Å²) in [4.78, 5) is 28.2. The van der Waals surface area contributed by atoms with Gasteiger partial charge in [-0.1, -0.05) is 18.2 Å². The maximum absolute atomic E-state index is 13.2. The van der Waals surface area contributed by atoms with Crippen LogP contribution in [0.3, 0.4) is 0 Å². The maximum Gasteiger partial charge on any atom is 0.237 e. The van der Waals surface area contributed by atoms with E-state index < -0.39 is 0 Å². The van der Waals surface area contributed by atoms with Crippen LogP contribution in [0.25, 0.3) is 0 Å². The molecule has 0 radical (unpaired) electrons. The van der Waals surface area contributed by atoms with Gasteiger partial charge in [-0.15, -0.1) is 0 Å². The standard InChI is InChI=1S/C25H35N3O2/c1-17(23(29)27-25-13-18-10-19(14-25)12-20(11-18)15-25)28-9-5-6-21(16-28)24(30)26-22-7-3-2-4-8-22/h2-4,7-8,17-21H,5-6,9-16H2,1H3,(H,26,30)(H,27,29)/t17-,18?,19?,20?,21+,25?/m1/s1. The lowest BCUT2D eigenvalue weighted by Crippen LogP contribution is -2.62. The highest BCUT2D eigenvalue weighted by atomic mass is 16.2. The van der Waals surface area contributed by atoms with Crippen molar-refractivity contribution >= 4 is 17.5 Å². The third-order valence-electron chi connectivity index (χ3n) is 8.22. The molecule has 0 unspecified atom stereocenters. The zero-order valence-electron chi connectivity index (χ0n) is 18.1. The van der Waals surface area contributed by atoms with E-state index in [9.17, 15) is 9.59 Å². The Bertz CT molecular complexity index is 758. The number of nitrogens with one attached hydrogen (secondary N) is 2. The summed E-state index contributed by atoms with van der Waals surface area (Å²) in [6, 6.07) is 9.46. The van der Waals surface area contributed by atoms with E-state index in [1.54, 1.807) is 0 Å². The Kier molecular flexibility index (Phi) is 5.34. The van der Waals surface area contributed by atoms with Gasteiger partial charge in [0.2, 0.25) is 11.8 Å². The van der Waals surface area contributed by atoms with Crippen molar-refractivity contribution in [1.29, 1.82) is 0 Å². The highest BCUT2D eigenvalue weighted by molar-refractivity contribution is 5.92. The zero-order chi connectivity index (χ0) is 20.7. The van der Waals surface area contributed by atoms with E-state index in [1.165, 1.54) is 38.5 Å². The van der Waals surface area contributed by atoms with Gasteiger partial charge in [0.1, 0.15) is 0 Å². The number of piperidine rings is 1. The van der Waals surface area contributed by atoms with Crippen molar-refractivity contribution in [3.63, 3.8) is 0 Å². The molecule has 1 aliphatic heterocycles. The van der Waals surface area contributed by atoms with Gasteiger partial charge in [-0.25, -0.2) is 0 Å². The Labute approximate surface area is 180 Å². The number of carbonyl (C=O) groups excluding carboxylic acids is 2. The molecule has 1 aromatic carbocycles. The summed E-state index contributed by atoms with van der Waals surface area (Å²) in [6.45, 7) is 3.58. The molecule has 1 saturated heterocycles. The number of benzene rings is 1. The van der Waals surface area contributed by atoms with Crippen LogP contribution >= 0.6 is 0 Å². The highest BCUT2D eigenvalue weighted by Gasteiger charge is 2.52. The minimum absolute atomic E-state index is 0.0555. The second kappa shape index (κ2) is 7.99. The van der Waals surface area contributed by atoms with Crippen molar-refractivity contribution in [2.45, 2.75) is 69.9 Å². The van der Waals surface area contributed by atoms with Crippen molar-refractivity contribution in [3.05, 3.63) is 30.3 Å². The van der Waals surface area contributed by atoms with Crippen molar-refractivity contribution in [2.24, 2.45) is 23.7 Å². The summed E-state index contributed by atoms with van der Waals surface area (Å²) < 4.78 is 0. The number of nitrogens with zero attached hydrogens (tertiary/aromatic N) is 1. The second-order valence-electron chi connectivity index (χ2n) is 10.6. The van der Waals surface area contributed by atoms with Gasteiger partial charge in [-0.05, 0) is 94.7 Å². The molecule has 0 aromatic heterocycles. The van der Waals surface area contributed by atoms with E-state index in [2.05, 4.69) is 15.5 Å². The normalized spacial score (nSPS) is 36.3. The van der Waals surface area contributed by atoms with Crippen molar-refractivity contribution in [2.75, 3.05) is 18.4 Å². The molecule has 162 valence electrons. The number of para-hydroxylation sites is 1. The van der Waals surface area contributed by atoms with E-state index in [-0.39, 0.29) is 29.3 Å².